The van der Waals surface area contributed by atoms with Gasteiger partial charge in [0.2, 0.25) is 0 Å². The lowest BCUT2D eigenvalue weighted by molar-refractivity contribution is 0.341. The van der Waals surface area contributed by atoms with E-state index >= 15 is 0 Å². The average molecular weight is 284 g/mol. The van der Waals surface area contributed by atoms with Crippen molar-refractivity contribution in [2.75, 3.05) is 6.61 Å². The van der Waals surface area contributed by atoms with E-state index in [-0.39, 0.29) is 6.61 Å². The molecule has 0 aliphatic heterocycles. The van der Waals surface area contributed by atoms with Crippen LogP contribution in [0.15, 0.2) is 60.2 Å². The van der Waals surface area contributed by atoms with Crippen molar-refractivity contribution in [3.05, 3.63) is 65.8 Å². The Kier molecular flexibility index (Phi) is 8.45. The van der Waals surface area contributed by atoms with E-state index in [9.17, 15) is 0 Å². The van der Waals surface area contributed by atoms with Crippen LogP contribution in [0.1, 0.15) is 39.2 Å². The maximum atomic E-state index is 8.85. The molecule has 0 aliphatic rings. The third kappa shape index (κ3) is 8.31. The Labute approximate surface area is 129 Å². The van der Waals surface area contributed by atoms with Gasteiger partial charge in [0, 0.05) is 0 Å². The molecule has 0 fully saturated rings. The molecule has 0 heterocycles. The van der Waals surface area contributed by atoms with Gasteiger partial charge in [-0.2, -0.15) is 0 Å². The molecule has 2 atom stereocenters. The molecular weight excluding hydrogens is 256 g/mol. The van der Waals surface area contributed by atoms with Crippen LogP contribution in [0.3, 0.4) is 0 Å². The van der Waals surface area contributed by atoms with Crippen LogP contribution in [0.2, 0.25) is 0 Å². The molecule has 0 aromatic heterocycles. The molecule has 114 valence electrons. The molecule has 1 rings (SSSR count). The van der Waals surface area contributed by atoms with Gasteiger partial charge in [0.1, 0.15) is 0 Å². The van der Waals surface area contributed by atoms with Crippen molar-refractivity contribution in [3.63, 3.8) is 0 Å². The number of aliphatic hydroxyl groups excluding tert-OH is 1. The Morgan fingerprint density at radius 2 is 1.81 bits per heavy atom. The van der Waals surface area contributed by atoms with Gasteiger partial charge >= 0.3 is 0 Å². The van der Waals surface area contributed by atoms with E-state index in [1.165, 1.54) is 11.1 Å². The fourth-order valence-corrected chi connectivity index (χ4v) is 2.26. The summed E-state index contributed by atoms with van der Waals surface area (Å²) >= 11 is 0. The second-order valence-electron chi connectivity index (χ2n) is 5.83. The van der Waals surface area contributed by atoms with E-state index in [1.54, 1.807) is 0 Å². The van der Waals surface area contributed by atoms with Gasteiger partial charge in [0.05, 0.1) is 6.61 Å². The smallest absolute Gasteiger partial charge is 0.0614 e. The van der Waals surface area contributed by atoms with Gasteiger partial charge < -0.3 is 5.11 Å². The largest absolute Gasteiger partial charge is 0.392 e. The second-order valence-corrected chi connectivity index (χ2v) is 5.83. The topological polar surface area (TPSA) is 20.2 Å². The highest BCUT2D eigenvalue weighted by molar-refractivity contribution is 5.48. The predicted octanol–water partition coefficient (Wildman–Crippen LogP) is 5.25. The van der Waals surface area contributed by atoms with Crippen LogP contribution in [0, 0.1) is 11.8 Å². The molecule has 0 aliphatic carbocycles. The molecule has 0 saturated heterocycles. The Balaban J connectivity index is 2.35. The third-order valence-electron chi connectivity index (χ3n) is 3.47. The summed E-state index contributed by atoms with van der Waals surface area (Å²) in [7, 11) is 0. The minimum Gasteiger partial charge on any atom is -0.392 e. The minimum absolute atomic E-state index is 0.142. The molecule has 0 unspecified atom stereocenters. The Bertz CT molecular complexity index is 468. The summed E-state index contributed by atoms with van der Waals surface area (Å²) in [5.74, 6) is 1.07. The van der Waals surface area contributed by atoms with Crippen LogP contribution in [0.5, 0.6) is 0 Å². The van der Waals surface area contributed by atoms with E-state index in [0.29, 0.717) is 11.8 Å². The van der Waals surface area contributed by atoms with Gasteiger partial charge in [-0.05, 0) is 37.2 Å². The number of hydrogen-bond acceptors (Lipinski definition) is 1. The molecule has 1 N–H and O–H groups in total. The SMILES string of the molecule is C/C(=C\CO)C[C@@H](C)/C=C/C[C@H](C)/C=C/c1ccccc1. The number of hydrogen-bond donors (Lipinski definition) is 1. The summed E-state index contributed by atoms with van der Waals surface area (Å²) in [5.41, 5.74) is 2.51. The van der Waals surface area contributed by atoms with Crippen LogP contribution in [-0.4, -0.2) is 11.7 Å². The highest BCUT2D eigenvalue weighted by Crippen LogP contribution is 2.14. The molecule has 1 aromatic carbocycles. The van der Waals surface area contributed by atoms with Crippen molar-refractivity contribution in [2.24, 2.45) is 11.8 Å². The van der Waals surface area contributed by atoms with Crippen LogP contribution < -0.4 is 0 Å². The van der Waals surface area contributed by atoms with Crippen molar-refractivity contribution in [2.45, 2.75) is 33.6 Å². The maximum Gasteiger partial charge on any atom is 0.0614 e. The number of aliphatic hydroxyl groups is 1. The van der Waals surface area contributed by atoms with Crippen LogP contribution in [0.4, 0.5) is 0 Å². The van der Waals surface area contributed by atoms with Crippen molar-refractivity contribution in [1.82, 2.24) is 0 Å². The van der Waals surface area contributed by atoms with Gasteiger partial charge in [-0.25, -0.2) is 0 Å². The van der Waals surface area contributed by atoms with Gasteiger partial charge in [-0.1, -0.05) is 80.1 Å². The first-order chi connectivity index (χ1) is 10.1. The fraction of sp³-hybridized carbons (Fsp3) is 0.400. The van der Waals surface area contributed by atoms with E-state index in [0.717, 1.165) is 12.8 Å². The second kappa shape index (κ2) is 10.2. The highest BCUT2D eigenvalue weighted by Gasteiger charge is 1.99. The van der Waals surface area contributed by atoms with Gasteiger partial charge in [-0.15, -0.1) is 0 Å². The minimum atomic E-state index is 0.142. The normalized spacial score (nSPS) is 15.7. The zero-order valence-corrected chi connectivity index (χ0v) is 13.5. The standard InChI is InChI=1S/C20H28O/c1-17(12-13-20-10-5-4-6-11-20)8-7-9-18(2)16-19(3)14-15-21/h4-7,9-14,17-18,21H,8,15-16H2,1-3H3/b9-7+,13-12+,19-14+/t17-,18-/m0/s1. The van der Waals surface area contributed by atoms with Gasteiger partial charge in [0.15, 0.2) is 0 Å². The van der Waals surface area contributed by atoms with Crippen molar-refractivity contribution >= 4 is 6.08 Å². The zero-order chi connectivity index (χ0) is 15.5. The first-order valence-electron chi connectivity index (χ1n) is 7.78. The quantitative estimate of drug-likeness (QED) is 0.647. The Hall–Kier alpha value is -1.60. The average Bonchev–Trinajstić information content (AvgIpc) is 2.46. The summed E-state index contributed by atoms with van der Waals surface area (Å²) < 4.78 is 0. The Morgan fingerprint density at radius 3 is 2.48 bits per heavy atom. The molecular formula is C20H28O. The van der Waals surface area contributed by atoms with E-state index in [2.05, 4.69) is 69.3 Å². The first kappa shape index (κ1) is 17.5. The summed E-state index contributed by atoms with van der Waals surface area (Å²) in [6.07, 6.45) is 13.0. The van der Waals surface area contributed by atoms with Crippen LogP contribution >= 0.6 is 0 Å². The summed E-state index contributed by atoms with van der Waals surface area (Å²) in [6, 6.07) is 10.4. The Morgan fingerprint density at radius 1 is 1.10 bits per heavy atom. The zero-order valence-electron chi connectivity index (χ0n) is 13.5. The molecule has 0 amide bonds. The number of benzene rings is 1. The van der Waals surface area contributed by atoms with Gasteiger partial charge in [-0.3, -0.25) is 0 Å². The lowest BCUT2D eigenvalue weighted by Gasteiger charge is -2.07. The van der Waals surface area contributed by atoms with Gasteiger partial charge in [0.25, 0.3) is 0 Å². The van der Waals surface area contributed by atoms with Crippen molar-refractivity contribution in [3.8, 4) is 0 Å². The van der Waals surface area contributed by atoms with E-state index < -0.39 is 0 Å². The number of rotatable bonds is 8. The molecule has 1 aromatic rings. The molecule has 1 nitrogen and oxygen atoms in total. The summed E-state index contributed by atoms with van der Waals surface area (Å²) in [5, 5.41) is 8.85. The molecule has 0 radical (unpaired) electrons. The molecule has 1 heteroatoms. The maximum absolute atomic E-state index is 8.85. The predicted molar refractivity (Wildman–Crippen MR) is 93.0 cm³/mol. The molecule has 21 heavy (non-hydrogen) atoms. The highest BCUT2D eigenvalue weighted by atomic mass is 16.2. The number of allylic oxidation sites excluding steroid dienone is 4. The van der Waals surface area contributed by atoms with Crippen molar-refractivity contribution in [1.29, 1.82) is 0 Å². The molecule has 0 spiro atoms. The lowest BCUT2D eigenvalue weighted by Crippen LogP contribution is -1.93. The van der Waals surface area contributed by atoms with E-state index in [4.69, 9.17) is 5.11 Å². The fourth-order valence-electron chi connectivity index (χ4n) is 2.26. The molecule has 0 bridgehead atoms. The summed E-state index contributed by atoms with van der Waals surface area (Å²) in [4.78, 5) is 0. The van der Waals surface area contributed by atoms with Crippen LogP contribution in [0.25, 0.3) is 6.08 Å². The first-order valence-corrected chi connectivity index (χ1v) is 7.78. The molecule has 0 saturated carbocycles. The van der Waals surface area contributed by atoms with Crippen LogP contribution in [-0.2, 0) is 0 Å². The lowest BCUT2D eigenvalue weighted by atomic mass is 9.99. The third-order valence-corrected chi connectivity index (χ3v) is 3.47. The van der Waals surface area contributed by atoms with Crippen molar-refractivity contribution < 1.29 is 5.11 Å². The monoisotopic (exact) mass is 284 g/mol. The summed E-state index contributed by atoms with van der Waals surface area (Å²) in [6.45, 7) is 6.68. The van der Waals surface area contributed by atoms with E-state index in [1.807, 2.05) is 12.1 Å².